The van der Waals surface area contributed by atoms with Crippen molar-refractivity contribution < 1.29 is 32.3 Å². The normalized spacial score (nSPS) is 10.9. The highest BCUT2D eigenvalue weighted by Crippen LogP contribution is 2.45. The summed E-state index contributed by atoms with van der Waals surface area (Å²) in [5.74, 6) is -0.486. The Morgan fingerprint density at radius 2 is 1.76 bits per heavy atom. The lowest BCUT2D eigenvalue weighted by atomic mass is 10.1. The third-order valence-electron chi connectivity index (χ3n) is 3.98. The third-order valence-corrected chi connectivity index (χ3v) is 5.74. The van der Waals surface area contributed by atoms with Gasteiger partial charge >= 0.3 is 5.69 Å². The molecule has 0 saturated heterocycles. The first-order chi connectivity index (χ1) is 13.7. The van der Waals surface area contributed by atoms with Crippen molar-refractivity contribution in [2.45, 2.75) is 10.6 Å². The van der Waals surface area contributed by atoms with E-state index in [1.807, 2.05) is 0 Å². The van der Waals surface area contributed by atoms with Gasteiger partial charge in [0.15, 0.2) is 21.3 Å². The second-order valence-corrected chi connectivity index (χ2v) is 7.58. The van der Waals surface area contributed by atoms with E-state index in [0.717, 1.165) is 6.07 Å². The van der Waals surface area contributed by atoms with Gasteiger partial charge in [-0.25, -0.2) is 13.4 Å². The number of hydrogen-bond donors (Lipinski definition) is 0. The van der Waals surface area contributed by atoms with Crippen LogP contribution in [0.25, 0.3) is 6.08 Å². The topological polar surface area (TPSA) is 127 Å². The SMILES string of the molecule is C=Cc1cc(OC)c(OC)c(OC)c1S(=O)(=O)Cc1cnc(OC)c([N+](=O)[O-])c1. The molecule has 10 nitrogen and oxygen atoms in total. The van der Waals surface area contributed by atoms with Gasteiger partial charge in [0.2, 0.25) is 5.75 Å². The third kappa shape index (κ3) is 4.24. The Kier molecular flexibility index (Phi) is 6.64. The summed E-state index contributed by atoms with van der Waals surface area (Å²) in [4.78, 5) is 14.1. The molecule has 0 saturated carbocycles. The predicted molar refractivity (Wildman–Crippen MR) is 105 cm³/mol. The van der Waals surface area contributed by atoms with E-state index in [2.05, 4.69) is 11.6 Å². The van der Waals surface area contributed by atoms with Crippen molar-refractivity contribution in [2.75, 3.05) is 28.4 Å². The van der Waals surface area contributed by atoms with Crippen LogP contribution in [0.3, 0.4) is 0 Å². The van der Waals surface area contributed by atoms with Crippen molar-refractivity contribution in [2.24, 2.45) is 0 Å². The van der Waals surface area contributed by atoms with E-state index in [9.17, 15) is 18.5 Å². The summed E-state index contributed by atoms with van der Waals surface area (Å²) < 4.78 is 47.0. The van der Waals surface area contributed by atoms with E-state index in [1.54, 1.807) is 0 Å². The molecule has 0 amide bonds. The molecule has 2 rings (SSSR count). The van der Waals surface area contributed by atoms with Crippen LogP contribution in [-0.4, -0.2) is 46.8 Å². The second kappa shape index (κ2) is 8.78. The summed E-state index contributed by atoms with van der Waals surface area (Å²) in [6, 6.07) is 2.56. The van der Waals surface area contributed by atoms with Gasteiger partial charge in [0.05, 0.1) is 39.1 Å². The Hall–Kier alpha value is -3.34. The molecule has 0 fully saturated rings. The summed E-state index contributed by atoms with van der Waals surface area (Å²) in [6.45, 7) is 3.64. The lowest BCUT2D eigenvalue weighted by molar-refractivity contribution is -0.386. The molecule has 156 valence electrons. The van der Waals surface area contributed by atoms with Crippen LogP contribution in [0, 0.1) is 10.1 Å². The molecule has 0 aliphatic carbocycles. The summed E-state index contributed by atoms with van der Waals surface area (Å²) in [7, 11) is 1.23. The van der Waals surface area contributed by atoms with Gasteiger partial charge in [0.25, 0.3) is 5.88 Å². The molecule has 0 aliphatic rings. The second-order valence-electron chi connectivity index (χ2n) is 5.66. The summed E-state index contributed by atoms with van der Waals surface area (Å²) in [5.41, 5.74) is -0.108. The lowest BCUT2D eigenvalue weighted by Gasteiger charge is -2.18. The molecule has 0 N–H and O–H groups in total. The fraction of sp³-hybridized carbons (Fsp3) is 0.278. The van der Waals surface area contributed by atoms with E-state index in [1.165, 1.54) is 46.8 Å². The van der Waals surface area contributed by atoms with Gasteiger partial charge in [-0.1, -0.05) is 12.7 Å². The molecule has 0 spiro atoms. The minimum absolute atomic E-state index is 0.0577. The first-order valence-electron chi connectivity index (χ1n) is 8.09. The quantitative estimate of drug-likeness (QED) is 0.441. The monoisotopic (exact) mass is 424 g/mol. The van der Waals surface area contributed by atoms with Crippen molar-refractivity contribution in [3.8, 4) is 23.1 Å². The van der Waals surface area contributed by atoms with Gasteiger partial charge in [0.1, 0.15) is 4.90 Å². The highest BCUT2D eigenvalue weighted by molar-refractivity contribution is 7.90. The minimum atomic E-state index is -4.05. The van der Waals surface area contributed by atoms with Gasteiger partial charge in [-0.15, -0.1) is 0 Å². The van der Waals surface area contributed by atoms with E-state index in [0.29, 0.717) is 0 Å². The molecule has 0 unspecified atom stereocenters. The first-order valence-corrected chi connectivity index (χ1v) is 9.74. The molecular weight excluding hydrogens is 404 g/mol. The van der Waals surface area contributed by atoms with E-state index in [-0.39, 0.29) is 39.2 Å². The zero-order valence-electron chi connectivity index (χ0n) is 16.3. The van der Waals surface area contributed by atoms with E-state index < -0.39 is 26.2 Å². The van der Waals surface area contributed by atoms with Gasteiger partial charge in [0, 0.05) is 17.8 Å². The van der Waals surface area contributed by atoms with Crippen molar-refractivity contribution in [1.82, 2.24) is 4.98 Å². The Morgan fingerprint density at radius 3 is 2.24 bits per heavy atom. The largest absolute Gasteiger partial charge is 0.493 e. The maximum absolute atomic E-state index is 13.2. The van der Waals surface area contributed by atoms with Gasteiger partial charge in [-0.05, 0) is 11.6 Å². The van der Waals surface area contributed by atoms with Gasteiger partial charge in [-0.2, -0.15) is 0 Å². The molecular formula is C18H20N2O8S. The standard InChI is InChI=1S/C18H20N2O8S/c1-6-12-8-14(25-2)15(26-3)16(27-4)17(12)29(23,24)10-11-7-13(20(21)22)18(28-5)19-9-11/h6-9H,1,10H2,2-5H3. The van der Waals surface area contributed by atoms with Crippen LogP contribution in [0.5, 0.6) is 23.1 Å². The van der Waals surface area contributed by atoms with Crippen molar-refractivity contribution in [3.05, 3.63) is 46.1 Å². The highest BCUT2D eigenvalue weighted by Gasteiger charge is 2.30. The fourth-order valence-corrected chi connectivity index (χ4v) is 4.46. The summed E-state index contributed by atoms with van der Waals surface area (Å²) in [5, 5.41) is 11.2. The first kappa shape index (κ1) is 22.0. The number of sulfone groups is 1. The van der Waals surface area contributed by atoms with Crippen molar-refractivity contribution in [1.29, 1.82) is 0 Å². The van der Waals surface area contributed by atoms with Gasteiger partial charge < -0.3 is 18.9 Å². The van der Waals surface area contributed by atoms with Gasteiger partial charge in [-0.3, -0.25) is 10.1 Å². The zero-order chi connectivity index (χ0) is 21.8. The average molecular weight is 424 g/mol. The van der Waals surface area contributed by atoms with Crippen LogP contribution in [0.2, 0.25) is 0 Å². The molecule has 0 atom stereocenters. The van der Waals surface area contributed by atoms with E-state index >= 15 is 0 Å². The van der Waals surface area contributed by atoms with E-state index in [4.69, 9.17) is 18.9 Å². The molecule has 0 bridgehead atoms. The molecule has 1 heterocycles. The number of methoxy groups -OCH3 is 4. The maximum atomic E-state index is 13.2. The molecule has 0 aliphatic heterocycles. The van der Waals surface area contributed by atoms with Crippen molar-refractivity contribution >= 4 is 21.6 Å². The summed E-state index contributed by atoms with van der Waals surface area (Å²) in [6.07, 6.45) is 2.54. The highest BCUT2D eigenvalue weighted by atomic mass is 32.2. The van der Waals surface area contributed by atoms with Crippen LogP contribution in [0.1, 0.15) is 11.1 Å². The number of aromatic nitrogens is 1. The number of ether oxygens (including phenoxy) is 4. The number of rotatable bonds is 9. The number of pyridine rings is 1. The lowest BCUT2D eigenvalue weighted by Crippen LogP contribution is -2.11. The smallest absolute Gasteiger partial charge is 0.331 e. The fourth-order valence-electron chi connectivity index (χ4n) is 2.76. The van der Waals surface area contributed by atoms with Crippen LogP contribution in [0.15, 0.2) is 29.8 Å². The molecule has 1 aromatic heterocycles. The Morgan fingerprint density at radius 1 is 1.10 bits per heavy atom. The minimum Gasteiger partial charge on any atom is -0.493 e. The average Bonchev–Trinajstić information content (AvgIpc) is 2.71. The molecule has 29 heavy (non-hydrogen) atoms. The van der Waals surface area contributed by atoms with Crippen LogP contribution < -0.4 is 18.9 Å². The molecule has 11 heteroatoms. The Labute approximate surface area is 167 Å². The number of hydrogen-bond acceptors (Lipinski definition) is 9. The predicted octanol–water partition coefficient (Wildman–Crippen LogP) is 2.64. The molecule has 1 aromatic carbocycles. The Balaban J connectivity index is 2.66. The molecule has 0 radical (unpaired) electrons. The number of nitro groups is 1. The van der Waals surface area contributed by atoms with Crippen LogP contribution in [0.4, 0.5) is 5.69 Å². The van der Waals surface area contributed by atoms with Crippen LogP contribution in [-0.2, 0) is 15.6 Å². The number of nitrogens with zero attached hydrogens (tertiary/aromatic N) is 2. The number of benzene rings is 1. The van der Waals surface area contributed by atoms with Crippen LogP contribution >= 0.6 is 0 Å². The maximum Gasteiger partial charge on any atom is 0.331 e. The zero-order valence-corrected chi connectivity index (χ0v) is 17.1. The van der Waals surface area contributed by atoms with Crippen molar-refractivity contribution in [3.63, 3.8) is 0 Å². The molecule has 2 aromatic rings. The Bertz CT molecular complexity index is 1050. The summed E-state index contributed by atoms with van der Waals surface area (Å²) >= 11 is 0.